The number of aryl methyl sites for hydroxylation is 1. The summed E-state index contributed by atoms with van der Waals surface area (Å²) in [4.78, 5) is 10.0. The number of hydrogen-bond acceptors (Lipinski definition) is 3. The quantitative estimate of drug-likeness (QED) is 0.685. The van der Waals surface area contributed by atoms with E-state index < -0.39 is 0 Å². The lowest BCUT2D eigenvalue weighted by atomic mass is 10.3. The summed E-state index contributed by atoms with van der Waals surface area (Å²) >= 11 is 7.61. The zero-order chi connectivity index (χ0) is 12.4. The molecule has 0 atom stereocenters. The molecule has 0 unspecified atom stereocenters. The molecule has 0 fully saturated rings. The molecule has 0 bridgehead atoms. The van der Waals surface area contributed by atoms with Crippen molar-refractivity contribution in [2.24, 2.45) is 0 Å². The van der Waals surface area contributed by atoms with Crippen LogP contribution in [-0.2, 0) is 13.0 Å². The van der Waals surface area contributed by atoms with Crippen molar-refractivity contribution in [3.8, 4) is 0 Å². The molecule has 3 nitrogen and oxygen atoms in total. The molecule has 0 radical (unpaired) electrons. The summed E-state index contributed by atoms with van der Waals surface area (Å²) < 4.78 is 2.23. The number of aromatic nitrogens is 3. The molecule has 0 N–H and O–H groups in total. The fourth-order valence-electron chi connectivity index (χ4n) is 2.04. The molecule has 92 valence electrons. The Bertz CT molecular complexity index is 645. The van der Waals surface area contributed by atoms with Crippen LogP contribution in [-0.4, -0.2) is 20.4 Å². The molecule has 0 amide bonds. The number of rotatable bonds is 4. The predicted molar refractivity (Wildman–Crippen MR) is 75.4 cm³/mol. The molecule has 3 rings (SSSR count). The van der Waals surface area contributed by atoms with Gasteiger partial charge in [0.15, 0.2) is 0 Å². The van der Waals surface area contributed by atoms with E-state index in [-0.39, 0.29) is 0 Å². The van der Waals surface area contributed by atoms with Gasteiger partial charge in [0.1, 0.15) is 11.3 Å². The summed E-state index contributed by atoms with van der Waals surface area (Å²) in [6, 6.07) is 6.22. The molecule has 0 aliphatic carbocycles. The summed E-state index contributed by atoms with van der Waals surface area (Å²) in [5.41, 5.74) is 2.06. The van der Waals surface area contributed by atoms with E-state index in [4.69, 9.17) is 11.6 Å². The maximum atomic E-state index is 5.85. The first kappa shape index (κ1) is 11.7. The molecule has 5 heteroatoms. The Labute approximate surface area is 114 Å². The third-order valence-corrected chi connectivity index (χ3v) is 3.89. The molecule has 0 aliphatic rings. The summed E-state index contributed by atoms with van der Waals surface area (Å²) in [5, 5.41) is 2.09. The second-order valence-electron chi connectivity index (χ2n) is 4.00. The van der Waals surface area contributed by atoms with Gasteiger partial charge in [-0.1, -0.05) is 6.07 Å². The van der Waals surface area contributed by atoms with E-state index in [2.05, 4.69) is 32.0 Å². The van der Waals surface area contributed by atoms with Crippen LogP contribution in [0.2, 0.25) is 0 Å². The summed E-state index contributed by atoms with van der Waals surface area (Å²) in [7, 11) is 0. The average molecular weight is 278 g/mol. The molecule has 0 spiro atoms. The van der Waals surface area contributed by atoms with Crippen LogP contribution in [0.1, 0.15) is 10.7 Å². The second kappa shape index (κ2) is 5.08. The van der Waals surface area contributed by atoms with Gasteiger partial charge < -0.3 is 4.57 Å². The van der Waals surface area contributed by atoms with Gasteiger partial charge in [-0.05, 0) is 17.5 Å². The Balaban J connectivity index is 2.09. The normalized spacial score (nSPS) is 11.2. The number of halogens is 1. The van der Waals surface area contributed by atoms with E-state index in [1.165, 1.54) is 4.88 Å². The highest BCUT2D eigenvalue weighted by Crippen LogP contribution is 2.19. The number of alkyl halides is 1. The lowest BCUT2D eigenvalue weighted by Gasteiger charge is -2.06. The lowest BCUT2D eigenvalue weighted by molar-refractivity contribution is 0.763. The number of nitrogens with zero attached hydrogens (tertiary/aromatic N) is 3. The van der Waals surface area contributed by atoms with Gasteiger partial charge >= 0.3 is 0 Å². The Morgan fingerprint density at radius 2 is 2.28 bits per heavy atom. The largest absolute Gasteiger partial charge is 0.323 e. The van der Waals surface area contributed by atoms with Gasteiger partial charge in [0.2, 0.25) is 0 Å². The van der Waals surface area contributed by atoms with E-state index in [9.17, 15) is 0 Å². The first-order valence-electron chi connectivity index (χ1n) is 5.76. The standard InChI is InChI=1S/C13H12ClN3S/c14-5-3-13-16-11-8-15-6-4-12(11)17(13)9-10-2-1-7-18-10/h1-2,4,6-8H,3,5,9H2. The number of hydrogen-bond donors (Lipinski definition) is 0. The summed E-state index contributed by atoms with van der Waals surface area (Å²) in [6.07, 6.45) is 4.39. The van der Waals surface area contributed by atoms with Crippen molar-refractivity contribution in [1.29, 1.82) is 0 Å². The highest BCUT2D eigenvalue weighted by Gasteiger charge is 2.10. The molecule has 0 saturated carbocycles. The van der Waals surface area contributed by atoms with E-state index in [1.54, 1.807) is 23.7 Å². The average Bonchev–Trinajstić information content (AvgIpc) is 3.00. The predicted octanol–water partition coefficient (Wildman–Crippen LogP) is 3.32. The van der Waals surface area contributed by atoms with E-state index in [1.807, 2.05) is 6.07 Å². The van der Waals surface area contributed by atoms with E-state index in [0.717, 1.165) is 29.8 Å². The number of imidazole rings is 1. The third kappa shape index (κ3) is 2.13. The van der Waals surface area contributed by atoms with Crippen LogP contribution in [0.3, 0.4) is 0 Å². The second-order valence-corrected chi connectivity index (χ2v) is 5.41. The number of fused-ring (bicyclic) bond motifs is 1. The number of thiophene rings is 1. The van der Waals surface area contributed by atoms with Crippen LogP contribution in [0.15, 0.2) is 36.0 Å². The van der Waals surface area contributed by atoms with Gasteiger partial charge in [-0.15, -0.1) is 22.9 Å². The van der Waals surface area contributed by atoms with Gasteiger partial charge in [0.25, 0.3) is 0 Å². The van der Waals surface area contributed by atoms with E-state index in [0.29, 0.717) is 5.88 Å². The fraction of sp³-hybridized carbons (Fsp3) is 0.231. The minimum Gasteiger partial charge on any atom is -0.323 e. The van der Waals surface area contributed by atoms with Crippen LogP contribution in [0.4, 0.5) is 0 Å². The maximum Gasteiger partial charge on any atom is 0.111 e. The Morgan fingerprint density at radius 3 is 3.06 bits per heavy atom. The summed E-state index contributed by atoms with van der Waals surface area (Å²) in [5.74, 6) is 1.61. The summed E-state index contributed by atoms with van der Waals surface area (Å²) in [6.45, 7) is 0.852. The van der Waals surface area contributed by atoms with Crippen molar-refractivity contribution in [3.63, 3.8) is 0 Å². The van der Waals surface area contributed by atoms with E-state index >= 15 is 0 Å². The van der Waals surface area contributed by atoms with Crippen LogP contribution >= 0.6 is 22.9 Å². The smallest absolute Gasteiger partial charge is 0.111 e. The monoisotopic (exact) mass is 277 g/mol. The van der Waals surface area contributed by atoms with Gasteiger partial charge in [-0.2, -0.15) is 0 Å². The van der Waals surface area contributed by atoms with Gasteiger partial charge in [-0.3, -0.25) is 4.98 Å². The Kier molecular flexibility index (Phi) is 3.30. The molecule has 3 aromatic rings. The molecule has 0 saturated heterocycles. The molecular formula is C13H12ClN3S. The van der Waals surface area contributed by atoms with Crippen LogP contribution in [0, 0.1) is 0 Å². The maximum absolute atomic E-state index is 5.85. The van der Waals surface area contributed by atoms with Crippen molar-refractivity contribution < 1.29 is 0 Å². The molecule has 3 heterocycles. The van der Waals surface area contributed by atoms with Gasteiger partial charge in [0.05, 0.1) is 18.3 Å². The Morgan fingerprint density at radius 1 is 1.33 bits per heavy atom. The van der Waals surface area contributed by atoms with Crippen molar-refractivity contribution in [1.82, 2.24) is 14.5 Å². The molecule has 0 aromatic carbocycles. The van der Waals surface area contributed by atoms with Gasteiger partial charge in [-0.25, -0.2) is 4.98 Å². The fourth-order valence-corrected chi connectivity index (χ4v) is 2.90. The zero-order valence-corrected chi connectivity index (χ0v) is 11.3. The van der Waals surface area contributed by atoms with Crippen molar-refractivity contribution in [2.45, 2.75) is 13.0 Å². The zero-order valence-electron chi connectivity index (χ0n) is 9.71. The highest BCUT2D eigenvalue weighted by atomic mass is 35.5. The molecular weight excluding hydrogens is 266 g/mol. The van der Waals surface area contributed by atoms with Crippen LogP contribution in [0.5, 0.6) is 0 Å². The van der Waals surface area contributed by atoms with Crippen LogP contribution < -0.4 is 0 Å². The molecule has 0 aliphatic heterocycles. The van der Waals surface area contributed by atoms with Crippen molar-refractivity contribution in [2.75, 3.05) is 5.88 Å². The SMILES string of the molecule is ClCCc1nc2cnccc2n1Cc1cccs1. The minimum absolute atomic E-state index is 0.585. The Hall–Kier alpha value is -1.39. The third-order valence-electron chi connectivity index (χ3n) is 2.84. The van der Waals surface area contributed by atoms with Crippen molar-refractivity contribution >= 4 is 34.0 Å². The van der Waals surface area contributed by atoms with Crippen molar-refractivity contribution in [3.05, 3.63) is 46.7 Å². The lowest BCUT2D eigenvalue weighted by Crippen LogP contribution is -2.04. The first-order chi connectivity index (χ1) is 8.88. The van der Waals surface area contributed by atoms with Gasteiger partial charge in [0, 0.05) is 23.4 Å². The first-order valence-corrected chi connectivity index (χ1v) is 7.17. The minimum atomic E-state index is 0.585. The highest BCUT2D eigenvalue weighted by molar-refractivity contribution is 7.09. The van der Waals surface area contributed by atoms with Crippen LogP contribution in [0.25, 0.3) is 11.0 Å². The molecule has 18 heavy (non-hydrogen) atoms. The molecule has 3 aromatic heterocycles. The topological polar surface area (TPSA) is 30.7 Å². The number of pyridine rings is 1.